The van der Waals surface area contributed by atoms with Crippen LogP contribution in [0.15, 0.2) is 60.8 Å². The third kappa shape index (κ3) is 60.5. The Morgan fingerprint density at radius 3 is 1.06 bits per heavy atom. The fourth-order valence-corrected chi connectivity index (χ4v) is 9.22. The number of hydrogen-bond acceptors (Lipinski definition) is 8. The molecule has 0 radical (unpaired) electrons. The number of esters is 2. The van der Waals surface area contributed by atoms with E-state index in [9.17, 15) is 19.5 Å². The number of carbonyl (C=O) groups excluding carboxylic acids is 3. The molecule has 0 fully saturated rings. The maximum absolute atomic E-state index is 12.9. The summed E-state index contributed by atoms with van der Waals surface area (Å²) >= 11 is 0. The van der Waals surface area contributed by atoms with Crippen molar-refractivity contribution in [3.8, 4) is 0 Å². The van der Waals surface area contributed by atoms with Gasteiger partial charge in [0.25, 0.3) is 0 Å². The molecule has 9 heteroatoms. The van der Waals surface area contributed by atoms with Gasteiger partial charge < -0.3 is 33.3 Å². The average Bonchev–Trinajstić information content (AvgIpc) is 3.40. The first-order valence-electron chi connectivity index (χ1n) is 32.4. The zero-order valence-corrected chi connectivity index (χ0v) is 51.1. The molecule has 2 unspecified atom stereocenters. The van der Waals surface area contributed by atoms with Gasteiger partial charge in [-0.15, -0.1) is 0 Å². The Balaban J connectivity index is 4.08. The molecular formula is C68H123NO8. The normalized spacial score (nSPS) is 13.1. The Labute approximate surface area is 475 Å². The highest BCUT2D eigenvalue weighted by atomic mass is 16.7. The molecule has 0 bridgehead atoms. The highest BCUT2D eigenvalue weighted by Gasteiger charge is 2.22. The number of rotatable bonds is 60. The molecule has 0 aromatic rings. The number of carboxylic acids is 1. The third-order valence-electron chi connectivity index (χ3n) is 14.2. The molecule has 9 nitrogen and oxygen atoms in total. The van der Waals surface area contributed by atoms with Crippen LogP contribution in [0.5, 0.6) is 0 Å². The lowest BCUT2D eigenvalue weighted by atomic mass is 10.0. The van der Waals surface area contributed by atoms with Crippen LogP contribution >= 0.6 is 0 Å². The number of aliphatic carboxylic acids is 1. The van der Waals surface area contributed by atoms with Gasteiger partial charge in [0.05, 0.1) is 40.3 Å². The van der Waals surface area contributed by atoms with E-state index in [4.69, 9.17) is 18.9 Å². The first kappa shape index (κ1) is 74.0. The fourth-order valence-electron chi connectivity index (χ4n) is 9.22. The van der Waals surface area contributed by atoms with Crippen LogP contribution in [0.4, 0.5) is 0 Å². The van der Waals surface area contributed by atoms with Crippen molar-refractivity contribution in [3.05, 3.63) is 60.8 Å². The van der Waals surface area contributed by atoms with Gasteiger partial charge in [-0.3, -0.25) is 9.59 Å². The van der Waals surface area contributed by atoms with Gasteiger partial charge in [-0.05, 0) is 83.5 Å². The van der Waals surface area contributed by atoms with Crippen LogP contribution < -0.4 is 5.11 Å². The molecule has 0 aliphatic carbocycles. The topological polar surface area (TPSA) is 111 Å². The summed E-state index contributed by atoms with van der Waals surface area (Å²) in [5.41, 5.74) is 0. The summed E-state index contributed by atoms with van der Waals surface area (Å²) in [4.78, 5) is 37.4. The van der Waals surface area contributed by atoms with Crippen molar-refractivity contribution in [1.29, 1.82) is 0 Å². The van der Waals surface area contributed by atoms with Gasteiger partial charge in [-0.25, -0.2) is 0 Å². The highest BCUT2D eigenvalue weighted by molar-refractivity contribution is 5.70. The second kappa shape index (κ2) is 59.1. The molecule has 0 spiro atoms. The molecule has 0 aliphatic heterocycles. The predicted octanol–water partition coefficient (Wildman–Crippen LogP) is 18.2. The van der Waals surface area contributed by atoms with E-state index in [0.717, 1.165) is 77.0 Å². The molecule has 0 saturated heterocycles. The number of nitrogens with zero attached hydrogens (tertiary/aromatic N) is 1. The number of quaternary nitrogens is 1. The second-order valence-corrected chi connectivity index (χ2v) is 23.0. The van der Waals surface area contributed by atoms with Gasteiger partial charge in [0, 0.05) is 12.8 Å². The monoisotopic (exact) mass is 1080 g/mol. The van der Waals surface area contributed by atoms with Crippen LogP contribution in [0.3, 0.4) is 0 Å². The lowest BCUT2D eigenvalue weighted by Crippen LogP contribution is -2.44. The van der Waals surface area contributed by atoms with E-state index in [1.54, 1.807) is 0 Å². The van der Waals surface area contributed by atoms with Crippen LogP contribution in [0.1, 0.15) is 296 Å². The molecule has 0 aromatic carbocycles. The maximum atomic E-state index is 12.9. The highest BCUT2D eigenvalue weighted by Crippen LogP contribution is 2.17. The maximum Gasteiger partial charge on any atom is 0.306 e. The van der Waals surface area contributed by atoms with Crippen molar-refractivity contribution in [2.45, 2.75) is 309 Å². The molecule has 2 atom stereocenters. The van der Waals surface area contributed by atoms with Gasteiger partial charge in [0.2, 0.25) is 0 Å². The number of unbranched alkanes of at least 4 members (excludes halogenated alkanes) is 35. The molecular weight excluding hydrogens is 959 g/mol. The third-order valence-corrected chi connectivity index (χ3v) is 14.2. The van der Waals surface area contributed by atoms with Crippen molar-refractivity contribution in [1.82, 2.24) is 0 Å². The smallest absolute Gasteiger partial charge is 0.306 e. The van der Waals surface area contributed by atoms with Crippen molar-refractivity contribution in [3.63, 3.8) is 0 Å². The first-order valence-corrected chi connectivity index (χ1v) is 32.4. The average molecular weight is 1080 g/mol. The van der Waals surface area contributed by atoms with Crippen LogP contribution in [0.2, 0.25) is 0 Å². The number of ether oxygens (including phenoxy) is 4. The summed E-state index contributed by atoms with van der Waals surface area (Å²) in [5.74, 6) is -2.29. The summed E-state index contributed by atoms with van der Waals surface area (Å²) < 4.78 is 22.7. The van der Waals surface area contributed by atoms with E-state index in [0.29, 0.717) is 23.9 Å². The number of allylic oxidation sites excluding steroid dienone is 10. The minimum atomic E-state index is -1.63. The van der Waals surface area contributed by atoms with Crippen LogP contribution in [0, 0.1) is 0 Å². The Morgan fingerprint density at radius 1 is 0.390 bits per heavy atom. The standard InChI is InChI=1S/C68H123NO8/c1-6-8-10-12-14-16-18-20-22-24-26-27-28-29-30-31-32-33-34-35-36-37-38-39-41-42-44-46-48-50-52-54-56-58-65(70)75-62-64(63-76-68(67(72)73)74-61-60-69(3,4)5)77-66(71)59-57-55-53-51-49-47-45-43-40-25-23-21-19-17-15-13-11-9-7-2/h15,17-18,20-21,23-24,26,40,43,64,68H,6-14,16,19,22,25,27-39,41-42,44-63H2,1-5H3/b17-15-,20-18-,23-21-,26-24-,43-40-. The van der Waals surface area contributed by atoms with Crippen LogP contribution in [0.25, 0.3) is 0 Å². The fraction of sp³-hybridized carbons (Fsp3) is 0.809. The van der Waals surface area contributed by atoms with Gasteiger partial charge in [-0.2, -0.15) is 0 Å². The van der Waals surface area contributed by atoms with Crippen molar-refractivity contribution >= 4 is 17.9 Å². The largest absolute Gasteiger partial charge is 0.545 e. The number of carboxylic acid groups (broad SMARTS) is 1. The molecule has 448 valence electrons. The van der Waals surface area contributed by atoms with E-state index < -0.39 is 24.3 Å². The zero-order valence-electron chi connectivity index (χ0n) is 51.1. The molecule has 0 aromatic heterocycles. The molecule has 0 saturated carbocycles. The van der Waals surface area contributed by atoms with Gasteiger partial charge in [-0.1, -0.05) is 261 Å². The molecule has 0 heterocycles. The van der Waals surface area contributed by atoms with E-state index in [1.807, 2.05) is 21.1 Å². The quantitative estimate of drug-likeness (QED) is 0.0195. The number of hydrogen-bond donors (Lipinski definition) is 0. The Kier molecular flexibility index (Phi) is 56.8. The molecule has 0 amide bonds. The van der Waals surface area contributed by atoms with Crippen LogP contribution in [-0.2, 0) is 33.3 Å². The SMILES string of the molecule is CCCCC/C=C\C/C=C\C/C=C\CCCCCCCCC(=O)OC(COC(=O)CCCCCCCCCCCCCCCCCCCCCCC/C=C\C/C=C\CCCCCCC)COC(OCC[N+](C)(C)C)C(=O)[O-]. The van der Waals surface area contributed by atoms with E-state index in [-0.39, 0.29) is 32.2 Å². The number of carbonyl (C=O) groups is 3. The van der Waals surface area contributed by atoms with E-state index >= 15 is 0 Å². The minimum absolute atomic E-state index is 0.144. The van der Waals surface area contributed by atoms with E-state index in [1.165, 1.54) is 186 Å². The summed E-state index contributed by atoms with van der Waals surface area (Å²) in [5, 5.41) is 11.8. The van der Waals surface area contributed by atoms with Crippen molar-refractivity contribution in [2.24, 2.45) is 0 Å². The second-order valence-electron chi connectivity index (χ2n) is 23.0. The predicted molar refractivity (Wildman–Crippen MR) is 325 cm³/mol. The molecule has 0 rings (SSSR count). The summed E-state index contributed by atoms with van der Waals surface area (Å²) in [7, 11) is 5.92. The summed E-state index contributed by atoms with van der Waals surface area (Å²) in [6.07, 6.45) is 72.9. The van der Waals surface area contributed by atoms with Crippen molar-refractivity contribution in [2.75, 3.05) is 47.5 Å². The molecule has 0 N–H and O–H groups in total. The minimum Gasteiger partial charge on any atom is -0.545 e. The van der Waals surface area contributed by atoms with Gasteiger partial charge in [0.1, 0.15) is 13.2 Å². The Morgan fingerprint density at radius 2 is 0.701 bits per heavy atom. The first-order chi connectivity index (χ1) is 37.6. The van der Waals surface area contributed by atoms with Crippen molar-refractivity contribution < 1.29 is 42.9 Å². The lowest BCUT2D eigenvalue weighted by Gasteiger charge is -2.26. The molecule has 77 heavy (non-hydrogen) atoms. The Hall–Kier alpha value is -3.01. The van der Waals surface area contributed by atoms with Crippen LogP contribution in [-0.4, -0.2) is 82.3 Å². The van der Waals surface area contributed by atoms with Gasteiger partial charge >= 0.3 is 11.9 Å². The van der Waals surface area contributed by atoms with Gasteiger partial charge in [0.15, 0.2) is 12.4 Å². The summed E-state index contributed by atoms with van der Waals surface area (Å²) in [6.45, 7) is 4.72. The zero-order chi connectivity index (χ0) is 56.2. The number of likely N-dealkylation sites (N-methyl/N-ethyl adjacent to an activating group) is 1. The Bertz CT molecular complexity index is 1450. The lowest BCUT2D eigenvalue weighted by molar-refractivity contribution is -0.870. The van der Waals surface area contributed by atoms with E-state index in [2.05, 4.69) is 74.6 Å². The molecule has 0 aliphatic rings. The summed E-state index contributed by atoms with van der Waals surface area (Å²) in [6, 6.07) is 0.